The smallest absolute Gasteiger partial charge is 0.223 e. The van der Waals surface area contributed by atoms with Gasteiger partial charge in [-0.3, -0.25) is 4.79 Å². The fourth-order valence-electron chi connectivity index (χ4n) is 1.39. The largest absolute Gasteiger partial charge is 0.492 e. The van der Waals surface area contributed by atoms with Crippen molar-refractivity contribution in [3.8, 4) is 5.75 Å². The highest BCUT2D eigenvalue weighted by molar-refractivity contribution is 9.10. The maximum atomic E-state index is 11.6. The first-order valence-electron chi connectivity index (χ1n) is 6.22. The average Bonchev–Trinajstić information content (AvgIpc) is 2.28. The van der Waals surface area contributed by atoms with E-state index in [4.69, 9.17) is 10.5 Å². The molecule has 0 bridgehead atoms. The molecule has 0 spiro atoms. The molecule has 0 radical (unpaired) electrons. The maximum Gasteiger partial charge on any atom is 0.223 e. The molecule has 0 saturated carbocycles. The van der Waals surface area contributed by atoms with Gasteiger partial charge in [0.05, 0.1) is 17.5 Å². The van der Waals surface area contributed by atoms with Crippen LogP contribution in [-0.2, 0) is 4.79 Å². The van der Waals surface area contributed by atoms with E-state index in [0.717, 1.165) is 15.8 Å². The molecule has 1 amide bonds. The predicted molar refractivity (Wildman–Crippen MR) is 87.5 cm³/mol. The van der Waals surface area contributed by atoms with Crippen LogP contribution in [0.15, 0.2) is 22.7 Å². The van der Waals surface area contributed by atoms with Gasteiger partial charge in [-0.25, -0.2) is 0 Å². The number of carbonyl (C=O) groups is 1. The van der Waals surface area contributed by atoms with Crippen LogP contribution in [0.5, 0.6) is 5.75 Å². The lowest BCUT2D eigenvalue weighted by atomic mass is 10.1. The number of hydrogen-bond donors (Lipinski definition) is 2. The molecule has 4 nitrogen and oxygen atoms in total. The number of nitrogens with one attached hydrogen (secondary N) is 1. The van der Waals surface area contributed by atoms with Crippen molar-refractivity contribution >= 4 is 34.2 Å². The third-order valence-corrected chi connectivity index (χ3v) is 3.03. The Morgan fingerprint density at radius 2 is 2.10 bits per heavy atom. The van der Waals surface area contributed by atoms with E-state index in [9.17, 15) is 4.79 Å². The van der Waals surface area contributed by atoms with E-state index in [-0.39, 0.29) is 18.3 Å². The SMILES string of the molecule is Cc1ccc(OCCC(=O)NCC(C)(C)N)c(Br)c1.Cl. The summed E-state index contributed by atoms with van der Waals surface area (Å²) in [6.07, 6.45) is 0.316. The second-order valence-corrected chi connectivity index (χ2v) is 6.15. The van der Waals surface area contributed by atoms with Crippen molar-refractivity contribution in [3.05, 3.63) is 28.2 Å². The molecule has 0 aromatic heterocycles. The second-order valence-electron chi connectivity index (χ2n) is 5.30. The molecule has 0 aliphatic heterocycles. The summed E-state index contributed by atoms with van der Waals surface area (Å²) in [6.45, 7) is 6.55. The van der Waals surface area contributed by atoms with Crippen LogP contribution in [0.3, 0.4) is 0 Å². The van der Waals surface area contributed by atoms with Gasteiger partial charge in [-0.15, -0.1) is 12.4 Å². The maximum absolute atomic E-state index is 11.6. The van der Waals surface area contributed by atoms with Crippen LogP contribution >= 0.6 is 28.3 Å². The van der Waals surface area contributed by atoms with Gasteiger partial charge >= 0.3 is 0 Å². The van der Waals surface area contributed by atoms with E-state index in [1.54, 1.807) is 0 Å². The monoisotopic (exact) mass is 364 g/mol. The third-order valence-electron chi connectivity index (χ3n) is 2.42. The Bertz CT molecular complexity index is 447. The first-order valence-corrected chi connectivity index (χ1v) is 7.02. The first kappa shape index (κ1) is 19.2. The molecule has 0 heterocycles. The van der Waals surface area contributed by atoms with E-state index >= 15 is 0 Å². The Kier molecular flexibility index (Phi) is 8.16. The van der Waals surface area contributed by atoms with E-state index in [1.807, 2.05) is 39.0 Å². The number of amides is 1. The van der Waals surface area contributed by atoms with Crippen LogP contribution in [-0.4, -0.2) is 24.6 Å². The standard InChI is InChI=1S/C14H21BrN2O2.ClH/c1-10-4-5-12(11(15)8-10)19-7-6-13(18)17-9-14(2,3)16;/h4-5,8H,6-7,9,16H2,1-3H3,(H,17,18);1H. The molecule has 1 aromatic rings. The van der Waals surface area contributed by atoms with Gasteiger partial charge in [0.1, 0.15) is 5.75 Å². The van der Waals surface area contributed by atoms with Gasteiger partial charge in [0, 0.05) is 12.1 Å². The molecular weight excluding hydrogens is 344 g/mol. The molecule has 0 atom stereocenters. The van der Waals surface area contributed by atoms with Gasteiger partial charge in [-0.05, 0) is 54.4 Å². The fourth-order valence-corrected chi connectivity index (χ4v) is 2.00. The lowest BCUT2D eigenvalue weighted by Gasteiger charge is -2.18. The average molecular weight is 366 g/mol. The Morgan fingerprint density at radius 1 is 1.45 bits per heavy atom. The lowest BCUT2D eigenvalue weighted by Crippen LogP contribution is -2.45. The first-order chi connectivity index (χ1) is 8.78. The molecule has 1 rings (SSSR count). The van der Waals surface area contributed by atoms with Crippen molar-refractivity contribution in [1.82, 2.24) is 5.32 Å². The normalized spacial score (nSPS) is 10.7. The third kappa shape index (κ3) is 7.72. The molecule has 1 aromatic carbocycles. The predicted octanol–water partition coefficient (Wildman–Crippen LogP) is 2.80. The van der Waals surface area contributed by atoms with Gasteiger partial charge in [-0.2, -0.15) is 0 Å². The zero-order chi connectivity index (χ0) is 14.5. The summed E-state index contributed by atoms with van der Waals surface area (Å²) < 4.78 is 6.45. The highest BCUT2D eigenvalue weighted by Gasteiger charge is 2.12. The summed E-state index contributed by atoms with van der Waals surface area (Å²) in [5, 5.41) is 2.78. The van der Waals surface area contributed by atoms with Crippen LogP contribution in [0.25, 0.3) is 0 Å². The Hall–Kier alpha value is -0.780. The number of nitrogens with two attached hydrogens (primary N) is 1. The van der Waals surface area contributed by atoms with Crippen LogP contribution in [0.4, 0.5) is 0 Å². The van der Waals surface area contributed by atoms with Gasteiger partial charge in [-0.1, -0.05) is 6.07 Å². The van der Waals surface area contributed by atoms with Crippen molar-refractivity contribution in [3.63, 3.8) is 0 Å². The number of rotatable bonds is 6. The van der Waals surface area contributed by atoms with Crippen LogP contribution in [0.1, 0.15) is 25.8 Å². The molecule has 0 unspecified atom stereocenters. The minimum absolute atomic E-state index is 0. The van der Waals surface area contributed by atoms with Crippen molar-refractivity contribution in [2.75, 3.05) is 13.2 Å². The Morgan fingerprint density at radius 3 is 2.65 bits per heavy atom. The lowest BCUT2D eigenvalue weighted by molar-refractivity contribution is -0.121. The molecular formula is C14H22BrClN2O2. The summed E-state index contributed by atoms with van der Waals surface area (Å²) in [5.74, 6) is 0.694. The van der Waals surface area contributed by atoms with E-state index in [2.05, 4.69) is 21.2 Å². The minimum atomic E-state index is -0.392. The quantitative estimate of drug-likeness (QED) is 0.815. The molecule has 20 heavy (non-hydrogen) atoms. The fraction of sp³-hybridized carbons (Fsp3) is 0.500. The molecule has 0 saturated heterocycles. The van der Waals surface area contributed by atoms with E-state index < -0.39 is 5.54 Å². The summed E-state index contributed by atoms with van der Waals surface area (Å²) in [4.78, 5) is 11.6. The summed E-state index contributed by atoms with van der Waals surface area (Å²) in [7, 11) is 0. The second kappa shape index (κ2) is 8.49. The molecule has 6 heteroatoms. The van der Waals surface area contributed by atoms with Gasteiger partial charge in [0.15, 0.2) is 0 Å². The minimum Gasteiger partial charge on any atom is -0.492 e. The molecule has 0 fully saturated rings. The topological polar surface area (TPSA) is 64.3 Å². The summed E-state index contributed by atoms with van der Waals surface area (Å²) in [6, 6.07) is 5.84. The number of benzene rings is 1. The van der Waals surface area contributed by atoms with Crippen molar-refractivity contribution in [1.29, 1.82) is 0 Å². The highest BCUT2D eigenvalue weighted by Crippen LogP contribution is 2.25. The zero-order valence-electron chi connectivity index (χ0n) is 12.0. The van der Waals surface area contributed by atoms with Crippen molar-refractivity contribution in [2.24, 2.45) is 5.73 Å². The van der Waals surface area contributed by atoms with Gasteiger partial charge < -0.3 is 15.8 Å². The van der Waals surface area contributed by atoms with Gasteiger partial charge in [0.25, 0.3) is 0 Å². The number of hydrogen-bond acceptors (Lipinski definition) is 3. The van der Waals surface area contributed by atoms with Crippen molar-refractivity contribution in [2.45, 2.75) is 32.7 Å². The van der Waals surface area contributed by atoms with E-state index in [1.165, 1.54) is 0 Å². The molecule has 114 valence electrons. The zero-order valence-corrected chi connectivity index (χ0v) is 14.4. The molecule has 3 N–H and O–H groups in total. The summed E-state index contributed by atoms with van der Waals surface area (Å²) in [5.41, 5.74) is 6.55. The van der Waals surface area contributed by atoms with Crippen LogP contribution in [0.2, 0.25) is 0 Å². The van der Waals surface area contributed by atoms with E-state index in [0.29, 0.717) is 19.6 Å². The van der Waals surface area contributed by atoms with Crippen LogP contribution in [0, 0.1) is 6.92 Å². The van der Waals surface area contributed by atoms with Crippen LogP contribution < -0.4 is 15.8 Å². The summed E-state index contributed by atoms with van der Waals surface area (Å²) >= 11 is 3.43. The van der Waals surface area contributed by atoms with Gasteiger partial charge in [0.2, 0.25) is 5.91 Å². The number of ether oxygens (including phenoxy) is 1. The Labute approximate surface area is 135 Å². The molecule has 0 aliphatic rings. The highest BCUT2D eigenvalue weighted by atomic mass is 79.9. The van der Waals surface area contributed by atoms with Crippen molar-refractivity contribution < 1.29 is 9.53 Å². The number of halogens is 2. The number of aryl methyl sites for hydroxylation is 1. The number of carbonyl (C=O) groups excluding carboxylic acids is 1. The Balaban J connectivity index is 0.00000361. The molecule has 0 aliphatic carbocycles.